The Bertz CT molecular complexity index is 1230. The Morgan fingerprint density at radius 3 is 2.39 bits per heavy atom. The monoisotopic (exact) mass is 492 g/mol. The van der Waals surface area contributed by atoms with E-state index in [1.54, 1.807) is 39.3 Å². The molecule has 2 aromatic carbocycles. The third-order valence-corrected chi connectivity index (χ3v) is 6.25. The molecule has 0 radical (unpaired) electrons. The van der Waals surface area contributed by atoms with Gasteiger partial charge in [0.05, 0.1) is 19.9 Å². The molecule has 0 saturated carbocycles. The van der Waals surface area contributed by atoms with Gasteiger partial charge in [-0.15, -0.1) is 10.2 Å². The average Bonchev–Trinajstić information content (AvgIpc) is 3.40. The minimum atomic E-state index is -0.613. The lowest BCUT2D eigenvalue weighted by Crippen LogP contribution is -2.52. The van der Waals surface area contributed by atoms with E-state index in [2.05, 4.69) is 15.1 Å². The number of ether oxygens (including phenoxy) is 5. The standard InChI is InChI=1S/C26H28N4O6/c1-17(36-19-5-8-22-24(15-19)35-16-34-22)26(31)30-12-10-29(11-13-30)25-9-6-20(27-28-25)18-4-7-21(32-2)23(14-18)33-3/h4-9,14-15,17H,10-13,16H2,1-3H3. The summed E-state index contributed by atoms with van der Waals surface area (Å²) in [7, 11) is 3.21. The van der Waals surface area contributed by atoms with Crippen molar-refractivity contribution in [1.82, 2.24) is 15.1 Å². The van der Waals surface area contributed by atoms with E-state index in [0.717, 1.165) is 17.1 Å². The number of anilines is 1. The first kappa shape index (κ1) is 23.5. The van der Waals surface area contributed by atoms with Crippen molar-refractivity contribution in [2.45, 2.75) is 13.0 Å². The van der Waals surface area contributed by atoms with Crippen LogP contribution in [-0.4, -0.2) is 74.3 Å². The van der Waals surface area contributed by atoms with E-state index >= 15 is 0 Å². The van der Waals surface area contributed by atoms with Gasteiger partial charge in [-0.05, 0) is 49.4 Å². The number of hydrogen-bond acceptors (Lipinski definition) is 9. The van der Waals surface area contributed by atoms with Crippen LogP contribution < -0.4 is 28.6 Å². The maximum atomic E-state index is 13.0. The lowest BCUT2D eigenvalue weighted by Gasteiger charge is -2.36. The number of hydrogen-bond donors (Lipinski definition) is 0. The molecule has 0 spiro atoms. The molecule has 5 rings (SSSR count). The van der Waals surface area contributed by atoms with Crippen molar-refractivity contribution in [2.75, 3.05) is 52.1 Å². The van der Waals surface area contributed by atoms with Crippen molar-refractivity contribution in [3.8, 4) is 40.0 Å². The Morgan fingerprint density at radius 1 is 0.889 bits per heavy atom. The second-order valence-electron chi connectivity index (χ2n) is 8.43. The topological polar surface area (TPSA) is 95.5 Å². The zero-order valence-corrected chi connectivity index (χ0v) is 20.5. The minimum Gasteiger partial charge on any atom is -0.493 e. The third-order valence-electron chi connectivity index (χ3n) is 6.25. The highest BCUT2D eigenvalue weighted by Gasteiger charge is 2.27. The molecule has 1 unspecified atom stereocenters. The molecule has 1 amide bonds. The van der Waals surface area contributed by atoms with E-state index < -0.39 is 6.10 Å². The number of piperazine rings is 1. The number of aromatic nitrogens is 2. The van der Waals surface area contributed by atoms with Crippen molar-refractivity contribution in [3.05, 3.63) is 48.5 Å². The predicted molar refractivity (Wildman–Crippen MR) is 132 cm³/mol. The van der Waals surface area contributed by atoms with E-state index in [1.807, 2.05) is 35.2 Å². The fourth-order valence-corrected chi connectivity index (χ4v) is 4.26. The van der Waals surface area contributed by atoms with Crippen LogP contribution in [0.4, 0.5) is 5.82 Å². The van der Waals surface area contributed by atoms with E-state index in [9.17, 15) is 4.79 Å². The number of methoxy groups -OCH3 is 2. The zero-order chi connectivity index (χ0) is 25.1. The van der Waals surface area contributed by atoms with Gasteiger partial charge in [0.15, 0.2) is 34.9 Å². The van der Waals surface area contributed by atoms with E-state index in [-0.39, 0.29) is 12.7 Å². The van der Waals surface area contributed by atoms with Gasteiger partial charge in [0.25, 0.3) is 5.91 Å². The second kappa shape index (κ2) is 10.2. The molecular formula is C26H28N4O6. The van der Waals surface area contributed by atoms with Crippen LogP contribution in [0.15, 0.2) is 48.5 Å². The van der Waals surface area contributed by atoms with Gasteiger partial charge in [0.1, 0.15) is 5.75 Å². The maximum Gasteiger partial charge on any atom is 0.263 e. The van der Waals surface area contributed by atoms with Gasteiger partial charge in [-0.1, -0.05) is 0 Å². The Balaban J connectivity index is 1.16. The van der Waals surface area contributed by atoms with Crippen LogP contribution >= 0.6 is 0 Å². The molecule has 3 heterocycles. The second-order valence-corrected chi connectivity index (χ2v) is 8.43. The molecule has 0 aliphatic carbocycles. The van der Waals surface area contributed by atoms with Crippen LogP contribution in [0.3, 0.4) is 0 Å². The van der Waals surface area contributed by atoms with Gasteiger partial charge in [0.2, 0.25) is 6.79 Å². The summed E-state index contributed by atoms with van der Waals surface area (Å²) in [6.07, 6.45) is -0.613. The van der Waals surface area contributed by atoms with Crippen molar-refractivity contribution in [2.24, 2.45) is 0 Å². The molecule has 0 N–H and O–H groups in total. The SMILES string of the molecule is COc1ccc(-c2ccc(N3CCN(C(=O)C(C)Oc4ccc5c(c4)OCO5)CC3)nn2)cc1OC. The van der Waals surface area contributed by atoms with Gasteiger partial charge in [0, 0.05) is 37.8 Å². The van der Waals surface area contributed by atoms with Crippen LogP contribution in [0.25, 0.3) is 11.3 Å². The maximum absolute atomic E-state index is 13.0. The number of amides is 1. The lowest BCUT2D eigenvalue weighted by atomic mass is 10.1. The zero-order valence-electron chi connectivity index (χ0n) is 20.5. The lowest BCUT2D eigenvalue weighted by molar-refractivity contribution is -0.138. The molecule has 2 aliphatic rings. The molecule has 0 bridgehead atoms. The quantitative estimate of drug-likeness (QED) is 0.493. The number of fused-ring (bicyclic) bond motifs is 1. The number of carbonyl (C=O) groups is 1. The first-order valence-electron chi connectivity index (χ1n) is 11.7. The number of rotatable bonds is 7. The number of nitrogens with zero attached hydrogens (tertiary/aromatic N) is 4. The van der Waals surface area contributed by atoms with Gasteiger partial charge < -0.3 is 33.5 Å². The fourth-order valence-electron chi connectivity index (χ4n) is 4.26. The molecule has 1 aromatic heterocycles. The first-order chi connectivity index (χ1) is 17.6. The Kier molecular flexibility index (Phi) is 6.66. The van der Waals surface area contributed by atoms with Crippen LogP contribution in [0.5, 0.6) is 28.7 Å². The van der Waals surface area contributed by atoms with Gasteiger partial charge >= 0.3 is 0 Å². The molecule has 1 atom stereocenters. The van der Waals surface area contributed by atoms with Crippen molar-refractivity contribution < 1.29 is 28.5 Å². The highest BCUT2D eigenvalue weighted by atomic mass is 16.7. The Hall–Kier alpha value is -4.21. The third kappa shape index (κ3) is 4.79. The smallest absolute Gasteiger partial charge is 0.263 e. The van der Waals surface area contributed by atoms with E-state index in [4.69, 9.17) is 23.7 Å². The molecule has 1 fully saturated rings. The van der Waals surface area contributed by atoms with Crippen molar-refractivity contribution in [3.63, 3.8) is 0 Å². The summed E-state index contributed by atoms with van der Waals surface area (Å²) in [5, 5.41) is 8.82. The first-order valence-corrected chi connectivity index (χ1v) is 11.7. The Labute approximate surface area is 209 Å². The Morgan fingerprint density at radius 2 is 1.67 bits per heavy atom. The molecular weight excluding hydrogens is 464 g/mol. The highest BCUT2D eigenvalue weighted by Crippen LogP contribution is 2.35. The molecule has 36 heavy (non-hydrogen) atoms. The molecule has 1 saturated heterocycles. The summed E-state index contributed by atoms with van der Waals surface area (Å²) in [6.45, 7) is 4.43. The van der Waals surface area contributed by atoms with Crippen molar-refractivity contribution in [1.29, 1.82) is 0 Å². The molecule has 188 valence electrons. The summed E-state index contributed by atoms with van der Waals surface area (Å²) < 4.78 is 27.2. The minimum absolute atomic E-state index is 0.0535. The predicted octanol–water partition coefficient (Wildman–Crippen LogP) is 3.01. The summed E-state index contributed by atoms with van der Waals surface area (Å²) in [5.74, 6) is 3.89. The summed E-state index contributed by atoms with van der Waals surface area (Å²) in [5.41, 5.74) is 1.63. The molecule has 10 nitrogen and oxygen atoms in total. The highest BCUT2D eigenvalue weighted by molar-refractivity contribution is 5.81. The van der Waals surface area contributed by atoms with Crippen LogP contribution in [0, 0.1) is 0 Å². The van der Waals surface area contributed by atoms with Gasteiger partial charge in [-0.25, -0.2) is 0 Å². The van der Waals surface area contributed by atoms with Crippen molar-refractivity contribution >= 4 is 11.7 Å². The van der Waals surface area contributed by atoms with Gasteiger partial charge in [-0.3, -0.25) is 4.79 Å². The summed E-state index contributed by atoms with van der Waals surface area (Å²) in [4.78, 5) is 16.9. The largest absolute Gasteiger partial charge is 0.493 e. The normalized spacial score (nSPS) is 15.4. The fraction of sp³-hybridized carbons (Fsp3) is 0.346. The molecule has 10 heteroatoms. The van der Waals surface area contributed by atoms with E-state index in [0.29, 0.717) is 54.9 Å². The van der Waals surface area contributed by atoms with E-state index in [1.165, 1.54) is 0 Å². The van der Waals surface area contributed by atoms with Crippen LogP contribution in [-0.2, 0) is 4.79 Å². The summed E-state index contributed by atoms with van der Waals surface area (Å²) in [6, 6.07) is 14.8. The van der Waals surface area contributed by atoms with Crippen LogP contribution in [0.2, 0.25) is 0 Å². The number of carbonyl (C=O) groups excluding carboxylic acids is 1. The molecule has 2 aliphatic heterocycles. The van der Waals surface area contributed by atoms with Gasteiger partial charge in [-0.2, -0.15) is 0 Å². The summed E-state index contributed by atoms with van der Waals surface area (Å²) >= 11 is 0. The number of benzene rings is 2. The molecule has 3 aromatic rings. The van der Waals surface area contributed by atoms with Crippen LogP contribution in [0.1, 0.15) is 6.92 Å². The average molecular weight is 493 g/mol.